The van der Waals surface area contributed by atoms with Gasteiger partial charge in [-0.25, -0.2) is 9.37 Å². The quantitative estimate of drug-likeness (QED) is 0.833. The Morgan fingerprint density at radius 1 is 1.29 bits per heavy atom. The summed E-state index contributed by atoms with van der Waals surface area (Å²) in [5.41, 5.74) is 9.58. The van der Waals surface area contributed by atoms with E-state index in [0.717, 1.165) is 28.7 Å². The standard InChI is InChI=1S/C16H18FN3S/c1-10-5-7-19-16(14(10)15(18)21)20-8-6-12-3-4-13(17)9-11(12)2/h3-5,7,9H,6,8H2,1-2H3,(H2,18,21)(H,19,20). The molecule has 3 nitrogen and oxygen atoms in total. The minimum atomic E-state index is -0.208. The van der Waals surface area contributed by atoms with E-state index in [2.05, 4.69) is 10.3 Å². The van der Waals surface area contributed by atoms with Crippen molar-refractivity contribution in [3.63, 3.8) is 0 Å². The Kier molecular flexibility index (Phi) is 4.85. The van der Waals surface area contributed by atoms with Crippen LogP contribution in [0.4, 0.5) is 10.2 Å². The van der Waals surface area contributed by atoms with Gasteiger partial charge >= 0.3 is 0 Å². The molecular weight excluding hydrogens is 285 g/mol. The maximum Gasteiger partial charge on any atom is 0.136 e. The molecular formula is C16H18FN3S. The van der Waals surface area contributed by atoms with Crippen molar-refractivity contribution in [1.29, 1.82) is 0 Å². The maximum atomic E-state index is 13.1. The van der Waals surface area contributed by atoms with Crippen LogP contribution in [0, 0.1) is 19.7 Å². The van der Waals surface area contributed by atoms with Gasteiger partial charge in [0.25, 0.3) is 0 Å². The van der Waals surface area contributed by atoms with Gasteiger partial charge in [-0.05, 0) is 55.2 Å². The molecule has 1 aromatic carbocycles. The van der Waals surface area contributed by atoms with Crippen LogP contribution in [0.25, 0.3) is 0 Å². The second-order valence-corrected chi connectivity index (χ2v) is 5.40. The smallest absolute Gasteiger partial charge is 0.136 e. The summed E-state index contributed by atoms with van der Waals surface area (Å²) in [7, 11) is 0. The predicted octanol–water partition coefficient (Wildman–Crippen LogP) is 3.13. The number of aryl methyl sites for hydroxylation is 2. The molecule has 0 unspecified atom stereocenters. The third-order valence-electron chi connectivity index (χ3n) is 3.40. The van der Waals surface area contributed by atoms with Crippen LogP contribution in [0.3, 0.4) is 0 Å². The highest BCUT2D eigenvalue weighted by Gasteiger charge is 2.09. The number of thiocarbonyl (C=S) groups is 1. The van der Waals surface area contributed by atoms with Crippen molar-refractivity contribution in [3.05, 3.63) is 58.5 Å². The molecule has 0 aliphatic carbocycles. The molecule has 0 radical (unpaired) electrons. The van der Waals surface area contributed by atoms with E-state index in [9.17, 15) is 4.39 Å². The summed E-state index contributed by atoms with van der Waals surface area (Å²) in [5, 5.41) is 3.25. The lowest BCUT2D eigenvalue weighted by Crippen LogP contribution is -2.17. The first-order valence-electron chi connectivity index (χ1n) is 6.73. The lowest BCUT2D eigenvalue weighted by molar-refractivity contribution is 0.625. The van der Waals surface area contributed by atoms with E-state index >= 15 is 0 Å². The number of hydrogen-bond acceptors (Lipinski definition) is 3. The molecule has 0 saturated carbocycles. The van der Waals surface area contributed by atoms with E-state index in [1.54, 1.807) is 12.3 Å². The normalized spacial score (nSPS) is 10.4. The molecule has 1 aromatic heterocycles. The number of rotatable bonds is 5. The number of hydrogen-bond donors (Lipinski definition) is 2. The van der Waals surface area contributed by atoms with Gasteiger partial charge in [0.2, 0.25) is 0 Å². The topological polar surface area (TPSA) is 50.9 Å². The SMILES string of the molecule is Cc1cc(F)ccc1CCNc1nccc(C)c1C(N)=S. The molecule has 2 rings (SSSR count). The van der Waals surface area contributed by atoms with Crippen molar-refractivity contribution in [2.24, 2.45) is 5.73 Å². The van der Waals surface area contributed by atoms with Crippen molar-refractivity contribution < 1.29 is 4.39 Å². The van der Waals surface area contributed by atoms with Crippen LogP contribution >= 0.6 is 12.2 Å². The summed E-state index contributed by atoms with van der Waals surface area (Å²) in [6.45, 7) is 4.54. The monoisotopic (exact) mass is 303 g/mol. The molecule has 0 aliphatic rings. The number of aromatic nitrogens is 1. The zero-order chi connectivity index (χ0) is 15.4. The van der Waals surface area contributed by atoms with Crippen LogP contribution in [-0.4, -0.2) is 16.5 Å². The number of nitrogens with two attached hydrogens (primary N) is 1. The first-order valence-corrected chi connectivity index (χ1v) is 7.14. The molecule has 5 heteroatoms. The summed E-state index contributed by atoms with van der Waals surface area (Å²) < 4.78 is 13.1. The van der Waals surface area contributed by atoms with Gasteiger partial charge in [-0.2, -0.15) is 0 Å². The lowest BCUT2D eigenvalue weighted by Gasteiger charge is -2.13. The Bertz CT molecular complexity index is 671. The maximum absolute atomic E-state index is 13.1. The van der Waals surface area contributed by atoms with E-state index in [4.69, 9.17) is 18.0 Å². The largest absolute Gasteiger partial charge is 0.389 e. The fourth-order valence-corrected chi connectivity index (χ4v) is 2.52. The van der Waals surface area contributed by atoms with Gasteiger partial charge in [0.1, 0.15) is 16.6 Å². The molecule has 21 heavy (non-hydrogen) atoms. The van der Waals surface area contributed by atoms with Crippen LogP contribution in [0.2, 0.25) is 0 Å². The zero-order valence-electron chi connectivity index (χ0n) is 12.1. The summed E-state index contributed by atoms with van der Waals surface area (Å²) in [6.07, 6.45) is 2.50. The predicted molar refractivity (Wildman–Crippen MR) is 88.2 cm³/mol. The Morgan fingerprint density at radius 3 is 2.71 bits per heavy atom. The molecule has 0 fully saturated rings. The number of nitrogens with one attached hydrogen (secondary N) is 1. The number of pyridine rings is 1. The first kappa shape index (κ1) is 15.4. The summed E-state index contributed by atoms with van der Waals surface area (Å²) in [4.78, 5) is 4.62. The van der Waals surface area contributed by atoms with E-state index in [-0.39, 0.29) is 5.82 Å². The van der Waals surface area contributed by atoms with Crippen molar-refractivity contribution in [1.82, 2.24) is 4.98 Å². The van der Waals surface area contributed by atoms with Crippen molar-refractivity contribution >= 4 is 23.0 Å². The van der Waals surface area contributed by atoms with E-state index in [0.29, 0.717) is 17.4 Å². The molecule has 110 valence electrons. The highest BCUT2D eigenvalue weighted by Crippen LogP contribution is 2.17. The zero-order valence-corrected chi connectivity index (χ0v) is 12.9. The molecule has 0 spiro atoms. The Hall–Kier alpha value is -2.01. The third-order valence-corrected chi connectivity index (χ3v) is 3.60. The second-order valence-electron chi connectivity index (χ2n) is 4.96. The van der Waals surface area contributed by atoms with Gasteiger partial charge < -0.3 is 11.1 Å². The van der Waals surface area contributed by atoms with Gasteiger partial charge in [-0.15, -0.1) is 0 Å². The Morgan fingerprint density at radius 2 is 2.05 bits per heavy atom. The van der Waals surface area contributed by atoms with E-state index < -0.39 is 0 Å². The Balaban J connectivity index is 2.07. The van der Waals surface area contributed by atoms with Crippen LogP contribution < -0.4 is 11.1 Å². The minimum Gasteiger partial charge on any atom is -0.389 e. The average Bonchev–Trinajstić information content (AvgIpc) is 2.41. The molecule has 0 amide bonds. The van der Waals surface area contributed by atoms with E-state index in [1.807, 2.05) is 26.0 Å². The molecule has 0 saturated heterocycles. The van der Waals surface area contributed by atoms with Crippen LogP contribution in [0.1, 0.15) is 22.3 Å². The highest BCUT2D eigenvalue weighted by molar-refractivity contribution is 7.80. The Labute approximate surface area is 129 Å². The molecule has 3 N–H and O–H groups in total. The van der Waals surface area contributed by atoms with Gasteiger partial charge in [0.15, 0.2) is 0 Å². The fraction of sp³-hybridized carbons (Fsp3) is 0.250. The number of benzene rings is 1. The summed E-state index contributed by atoms with van der Waals surface area (Å²) in [5.74, 6) is 0.489. The van der Waals surface area contributed by atoms with E-state index in [1.165, 1.54) is 6.07 Å². The summed E-state index contributed by atoms with van der Waals surface area (Å²) in [6, 6.07) is 6.71. The van der Waals surface area contributed by atoms with Crippen molar-refractivity contribution in [2.45, 2.75) is 20.3 Å². The van der Waals surface area contributed by atoms with Gasteiger partial charge in [0, 0.05) is 12.7 Å². The number of anilines is 1. The fourth-order valence-electron chi connectivity index (χ4n) is 2.26. The molecule has 1 heterocycles. The van der Waals surface area contributed by atoms with Gasteiger partial charge in [-0.3, -0.25) is 0 Å². The average molecular weight is 303 g/mol. The van der Waals surface area contributed by atoms with Crippen LogP contribution in [-0.2, 0) is 6.42 Å². The molecule has 0 bridgehead atoms. The first-order chi connectivity index (χ1) is 9.99. The van der Waals surface area contributed by atoms with Crippen molar-refractivity contribution in [3.8, 4) is 0 Å². The van der Waals surface area contributed by atoms with Crippen LogP contribution in [0.15, 0.2) is 30.5 Å². The molecule has 0 aliphatic heterocycles. The number of halogens is 1. The van der Waals surface area contributed by atoms with Crippen molar-refractivity contribution in [2.75, 3.05) is 11.9 Å². The van der Waals surface area contributed by atoms with Gasteiger partial charge in [0.05, 0.1) is 5.56 Å². The molecule has 2 aromatic rings. The highest BCUT2D eigenvalue weighted by atomic mass is 32.1. The van der Waals surface area contributed by atoms with Gasteiger partial charge in [-0.1, -0.05) is 18.3 Å². The number of nitrogens with zero attached hydrogens (tertiary/aromatic N) is 1. The lowest BCUT2D eigenvalue weighted by atomic mass is 10.1. The minimum absolute atomic E-state index is 0.208. The molecule has 0 atom stereocenters. The summed E-state index contributed by atoms with van der Waals surface area (Å²) >= 11 is 5.07. The van der Waals surface area contributed by atoms with Crippen LogP contribution in [0.5, 0.6) is 0 Å². The third kappa shape index (κ3) is 3.76. The second kappa shape index (κ2) is 6.63.